The van der Waals surface area contributed by atoms with Crippen LogP contribution in [-0.2, 0) is 0 Å². The van der Waals surface area contributed by atoms with Crippen molar-refractivity contribution in [1.82, 2.24) is 14.7 Å². The molecule has 0 aliphatic heterocycles. The molecule has 0 spiro atoms. The molecule has 5 N–H and O–H groups in total. The Labute approximate surface area is 226 Å². The number of benzene rings is 2. The minimum Gasteiger partial charge on any atom is -0.395 e. The molecule has 0 atom stereocenters. The normalized spacial score (nSPS) is 12.7. The second-order valence-corrected chi connectivity index (χ2v) is 10.3. The summed E-state index contributed by atoms with van der Waals surface area (Å²) in [5, 5.41) is 22.7. The summed E-state index contributed by atoms with van der Waals surface area (Å²) in [7, 11) is 11.9. The first-order valence-corrected chi connectivity index (χ1v) is 13.1. The highest BCUT2D eigenvalue weighted by molar-refractivity contribution is 6.35. The number of likely N-dealkylation sites (N-methyl/N-ethyl adjacent to an activating group) is 3. The van der Waals surface area contributed by atoms with Crippen LogP contribution in [0.15, 0.2) is 24.3 Å². The molecule has 0 saturated heterocycles. The summed E-state index contributed by atoms with van der Waals surface area (Å²) in [5.41, 5.74) is 3.95. The van der Waals surface area contributed by atoms with Gasteiger partial charge in [0, 0.05) is 68.6 Å². The summed E-state index contributed by atoms with van der Waals surface area (Å²) >= 11 is 0. The van der Waals surface area contributed by atoms with Crippen LogP contribution >= 0.6 is 0 Å². The molecule has 0 bridgehead atoms. The summed E-state index contributed by atoms with van der Waals surface area (Å²) in [4.78, 5) is 34.7. The molecule has 0 saturated carbocycles. The Kier molecular flexibility index (Phi) is 10.5. The summed E-state index contributed by atoms with van der Waals surface area (Å²) in [5.74, 6) is -0.409. The molecule has 0 aromatic heterocycles. The van der Waals surface area contributed by atoms with E-state index in [4.69, 9.17) is 0 Å². The van der Waals surface area contributed by atoms with Crippen LogP contribution in [0, 0.1) is 0 Å². The molecule has 0 unspecified atom stereocenters. The maximum absolute atomic E-state index is 14.3. The number of hydrogen-bond donors (Lipinski definition) is 5. The number of carbonyl (C=O) groups is 2. The van der Waals surface area contributed by atoms with Gasteiger partial charge in [0.15, 0.2) is 11.6 Å². The van der Waals surface area contributed by atoms with E-state index in [1.165, 1.54) is 0 Å². The SMILES string of the molecule is CN(C)CCNc1ccc(NCCO)c2c1C(=O)c1c(NCCN(C)C)ccc(NCCN(C)C)c1C2=O. The van der Waals surface area contributed by atoms with E-state index in [2.05, 4.69) is 36.0 Å². The van der Waals surface area contributed by atoms with Gasteiger partial charge < -0.3 is 41.1 Å². The van der Waals surface area contributed by atoms with Crippen LogP contribution in [0.2, 0.25) is 0 Å². The van der Waals surface area contributed by atoms with Crippen LogP contribution in [-0.4, -0.2) is 126 Å². The van der Waals surface area contributed by atoms with Crippen molar-refractivity contribution in [3.8, 4) is 0 Å². The highest BCUT2D eigenvalue weighted by Gasteiger charge is 2.37. The number of carbonyl (C=O) groups excluding carboxylic acids is 2. The van der Waals surface area contributed by atoms with Crippen molar-refractivity contribution < 1.29 is 14.7 Å². The molecule has 0 radical (unpaired) electrons. The fourth-order valence-corrected chi connectivity index (χ4v) is 4.42. The first-order valence-electron chi connectivity index (χ1n) is 13.1. The molecule has 0 fully saturated rings. The molecule has 208 valence electrons. The van der Waals surface area contributed by atoms with E-state index in [1.54, 1.807) is 6.07 Å². The van der Waals surface area contributed by atoms with Crippen LogP contribution < -0.4 is 21.3 Å². The zero-order valence-electron chi connectivity index (χ0n) is 23.6. The van der Waals surface area contributed by atoms with Gasteiger partial charge in [0.2, 0.25) is 0 Å². The van der Waals surface area contributed by atoms with Gasteiger partial charge in [-0.15, -0.1) is 0 Å². The second kappa shape index (κ2) is 13.6. The zero-order chi connectivity index (χ0) is 27.8. The van der Waals surface area contributed by atoms with Crippen LogP contribution in [0.25, 0.3) is 0 Å². The lowest BCUT2D eigenvalue weighted by molar-refractivity contribution is 0.0981. The van der Waals surface area contributed by atoms with Crippen molar-refractivity contribution in [2.24, 2.45) is 0 Å². The van der Waals surface area contributed by atoms with Gasteiger partial charge in [-0.05, 0) is 66.6 Å². The Morgan fingerprint density at radius 3 is 1.03 bits per heavy atom. The summed E-state index contributed by atoms with van der Waals surface area (Å²) in [6.45, 7) is 4.40. The average molecular weight is 526 g/mol. The van der Waals surface area contributed by atoms with E-state index in [1.807, 2.05) is 60.5 Å². The lowest BCUT2D eigenvalue weighted by atomic mass is 9.80. The van der Waals surface area contributed by atoms with E-state index in [0.29, 0.717) is 64.6 Å². The molecule has 0 amide bonds. The lowest BCUT2D eigenvalue weighted by Crippen LogP contribution is -2.29. The topological polar surface area (TPSA) is 112 Å². The van der Waals surface area contributed by atoms with Crippen molar-refractivity contribution in [2.75, 3.05) is 116 Å². The summed E-state index contributed by atoms with van der Waals surface area (Å²) < 4.78 is 0. The van der Waals surface area contributed by atoms with Crippen molar-refractivity contribution in [2.45, 2.75) is 0 Å². The zero-order valence-corrected chi connectivity index (χ0v) is 23.6. The number of nitrogens with zero attached hydrogens (tertiary/aromatic N) is 3. The molecular formula is C28H43N7O3. The van der Waals surface area contributed by atoms with Gasteiger partial charge in [-0.25, -0.2) is 0 Å². The second-order valence-electron chi connectivity index (χ2n) is 10.3. The van der Waals surface area contributed by atoms with Crippen molar-refractivity contribution in [1.29, 1.82) is 0 Å². The van der Waals surface area contributed by atoms with E-state index >= 15 is 0 Å². The minimum atomic E-state index is -0.213. The number of nitrogens with one attached hydrogen (secondary N) is 4. The molecule has 10 nitrogen and oxygen atoms in total. The summed E-state index contributed by atoms with van der Waals surface area (Å²) in [6, 6.07) is 7.40. The Morgan fingerprint density at radius 2 is 0.789 bits per heavy atom. The third kappa shape index (κ3) is 7.02. The molecule has 2 aromatic rings. The first kappa shape index (κ1) is 29.4. The van der Waals surface area contributed by atoms with E-state index in [9.17, 15) is 14.7 Å². The Bertz CT molecular complexity index is 1130. The van der Waals surface area contributed by atoms with Gasteiger partial charge in [-0.2, -0.15) is 0 Å². The number of hydrogen-bond acceptors (Lipinski definition) is 10. The quantitative estimate of drug-likeness (QED) is 0.201. The van der Waals surface area contributed by atoms with Crippen LogP contribution in [0.3, 0.4) is 0 Å². The van der Waals surface area contributed by atoms with Crippen molar-refractivity contribution >= 4 is 34.3 Å². The fraction of sp³-hybridized carbons (Fsp3) is 0.500. The van der Waals surface area contributed by atoms with E-state index in [0.717, 1.165) is 19.6 Å². The molecule has 2 aromatic carbocycles. The average Bonchev–Trinajstić information content (AvgIpc) is 2.85. The minimum absolute atomic E-state index is 0.0897. The largest absolute Gasteiger partial charge is 0.395 e. The maximum Gasteiger partial charge on any atom is 0.198 e. The van der Waals surface area contributed by atoms with E-state index < -0.39 is 0 Å². The third-order valence-electron chi connectivity index (χ3n) is 6.37. The molecule has 3 rings (SSSR count). The van der Waals surface area contributed by atoms with E-state index in [-0.39, 0.29) is 24.7 Å². The number of ketones is 2. The predicted molar refractivity (Wildman–Crippen MR) is 156 cm³/mol. The number of rotatable bonds is 15. The molecule has 1 aliphatic rings. The van der Waals surface area contributed by atoms with Gasteiger partial charge in [-0.3, -0.25) is 9.59 Å². The highest BCUT2D eigenvalue weighted by atomic mass is 16.3. The van der Waals surface area contributed by atoms with Crippen LogP contribution in [0.1, 0.15) is 31.8 Å². The maximum atomic E-state index is 14.3. The molecule has 1 aliphatic carbocycles. The van der Waals surface area contributed by atoms with Crippen LogP contribution in [0.5, 0.6) is 0 Å². The number of anilines is 4. The standard InChI is InChI=1S/C28H43N7O3/c1-33(2)15-11-29-19-7-8-20(30-12-16-34(3)4)24-23(19)27(37)25-21(31-13-17-35(5)6)9-10-22(32-14-18-36)26(25)28(24)38/h7-10,29-32,36H,11-18H2,1-6H3. The predicted octanol–water partition coefficient (Wildman–Crippen LogP) is 1.79. The summed E-state index contributed by atoms with van der Waals surface area (Å²) in [6.07, 6.45) is 0. The number of aliphatic hydroxyl groups excluding tert-OH is 1. The van der Waals surface area contributed by atoms with Gasteiger partial charge in [-0.1, -0.05) is 0 Å². The molecule has 0 heterocycles. The smallest absolute Gasteiger partial charge is 0.198 e. The monoisotopic (exact) mass is 525 g/mol. The molecule has 10 heteroatoms. The Balaban J connectivity index is 2.14. The number of aliphatic hydroxyl groups is 1. The van der Waals surface area contributed by atoms with Crippen molar-refractivity contribution in [3.63, 3.8) is 0 Å². The van der Waals surface area contributed by atoms with Gasteiger partial charge in [0.05, 0.1) is 28.9 Å². The lowest BCUT2D eigenvalue weighted by Gasteiger charge is -2.28. The van der Waals surface area contributed by atoms with Gasteiger partial charge >= 0.3 is 0 Å². The Morgan fingerprint density at radius 1 is 0.526 bits per heavy atom. The van der Waals surface area contributed by atoms with Gasteiger partial charge in [0.1, 0.15) is 0 Å². The fourth-order valence-electron chi connectivity index (χ4n) is 4.42. The molecular weight excluding hydrogens is 482 g/mol. The molecule has 38 heavy (non-hydrogen) atoms. The van der Waals surface area contributed by atoms with Crippen LogP contribution in [0.4, 0.5) is 22.7 Å². The Hall–Kier alpha value is -3.18. The first-order chi connectivity index (χ1) is 18.1. The van der Waals surface area contributed by atoms with Gasteiger partial charge in [0.25, 0.3) is 0 Å². The van der Waals surface area contributed by atoms with Crippen molar-refractivity contribution in [3.05, 3.63) is 46.5 Å². The highest BCUT2D eigenvalue weighted by Crippen LogP contribution is 2.41. The number of fused-ring (bicyclic) bond motifs is 2. The third-order valence-corrected chi connectivity index (χ3v) is 6.37.